The highest BCUT2D eigenvalue weighted by Gasteiger charge is 2.23. The molecule has 1 unspecified atom stereocenters. The Balaban J connectivity index is 2.27. The molecule has 0 saturated heterocycles. The number of benzene rings is 2. The number of hydrogen-bond donors (Lipinski definition) is 1. The highest BCUT2D eigenvalue weighted by molar-refractivity contribution is 7.98. The van der Waals surface area contributed by atoms with Gasteiger partial charge in [-0.25, -0.2) is 9.59 Å². The van der Waals surface area contributed by atoms with Gasteiger partial charge in [0.15, 0.2) is 12.6 Å². The van der Waals surface area contributed by atoms with Crippen LogP contribution in [0.3, 0.4) is 0 Å². The van der Waals surface area contributed by atoms with E-state index in [1.807, 2.05) is 12.3 Å². The number of hydrogen-bond acceptors (Lipinski definition) is 8. The van der Waals surface area contributed by atoms with Crippen LogP contribution in [0.2, 0.25) is 0 Å². The summed E-state index contributed by atoms with van der Waals surface area (Å²) >= 11 is 1.44. The largest absolute Gasteiger partial charge is 0.481 e. The Morgan fingerprint density at radius 2 is 1.80 bits per heavy atom. The molecule has 0 saturated carbocycles. The Morgan fingerprint density at radius 3 is 2.40 bits per heavy atom. The number of rotatable bonds is 10. The van der Waals surface area contributed by atoms with E-state index in [2.05, 4.69) is 11.4 Å². The van der Waals surface area contributed by atoms with Crippen LogP contribution in [0, 0.1) is 11.3 Å². The lowest BCUT2D eigenvalue weighted by molar-refractivity contribution is -0.145. The first-order valence-corrected chi connectivity index (χ1v) is 10.6. The second-order valence-corrected chi connectivity index (χ2v) is 6.87. The maximum atomic E-state index is 12.6. The lowest BCUT2D eigenvalue weighted by Gasteiger charge is -2.20. The van der Waals surface area contributed by atoms with E-state index in [4.69, 9.17) is 19.5 Å². The van der Waals surface area contributed by atoms with Gasteiger partial charge in [0.2, 0.25) is 0 Å². The molecule has 1 atom stereocenters. The zero-order valence-electron chi connectivity index (χ0n) is 17.1. The molecule has 2 aromatic rings. The normalized spacial score (nSPS) is 11.1. The van der Waals surface area contributed by atoms with Gasteiger partial charge in [-0.15, -0.1) is 11.8 Å². The molecule has 1 N–H and O–H groups in total. The Hall–Kier alpha value is -3.18. The molecule has 0 aromatic heterocycles. The number of nitrogens with zero attached hydrogens (tertiary/aromatic N) is 1. The number of esters is 2. The van der Waals surface area contributed by atoms with Crippen molar-refractivity contribution in [2.45, 2.75) is 24.8 Å². The minimum absolute atomic E-state index is 0.189. The molecule has 2 aromatic carbocycles. The first kappa shape index (κ1) is 23.1. The topological polar surface area (TPSA) is 97.6 Å². The van der Waals surface area contributed by atoms with Crippen molar-refractivity contribution in [3.63, 3.8) is 0 Å². The summed E-state index contributed by atoms with van der Waals surface area (Å²) in [6.45, 7) is 3.83. The van der Waals surface area contributed by atoms with Crippen LogP contribution in [0.5, 0.6) is 5.75 Å². The number of nitrogens with one attached hydrogen (secondary N) is 1. The molecule has 0 aliphatic rings. The number of nitriles is 1. The van der Waals surface area contributed by atoms with E-state index in [1.54, 1.807) is 50.2 Å². The van der Waals surface area contributed by atoms with Gasteiger partial charge < -0.3 is 19.5 Å². The fourth-order valence-electron chi connectivity index (χ4n) is 2.63. The van der Waals surface area contributed by atoms with Crippen molar-refractivity contribution >= 4 is 29.4 Å². The Bertz CT molecular complexity index is 909. The predicted octanol–water partition coefficient (Wildman–Crippen LogP) is 3.94. The number of ether oxygens (including phenoxy) is 3. The summed E-state index contributed by atoms with van der Waals surface area (Å²) in [6.07, 6.45) is 1.88. The number of carbonyl (C=O) groups is 2. The molecule has 0 radical (unpaired) electrons. The molecule has 0 spiro atoms. The van der Waals surface area contributed by atoms with Gasteiger partial charge in [0.1, 0.15) is 5.75 Å². The first-order valence-electron chi connectivity index (χ1n) is 9.42. The maximum absolute atomic E-state index is 12.6. The van der Waals surface area contributed by atoms with Gasteiger partial charge in [0.05, 0.1) is 24.8 Å². The maximum Gasteiger partial charge on any atom is 0.344 e. The van der Waals surface area contributed by atoms with Crippen molar-refractivity contribution in [2.24, 2.45) is 0 Å². The molecule has 0 aliphatic heterocycles. The summed E-state index contributed by atoms with van der Waals surface area (Å²) < 4.78 is 15.7. The summed E-state index contributed by atoms with van der Waals surface area (Å²) in [5.41, 5.74) is 1.90. The third-order valence-corrected chi connectivity index (χ3v) is 4.78. The van der Waals surface area contributed by atoms with E-state index >= 15 is 0 Å². The summed E-state index contributed by atoms with van der Waals surface area (Å²) in [6, 6.07) is 13.4. The lowest BCUT2D eigenvalue weighted by atomic mass is 10.1. The molecule has 0 aliphatic carbocycles. The van der Waals surface area contributed by atoms with E-state index < -0.39 is 18.0 Å². The van der Waals surface area contributed by atoms with Crippen LogP contribution in [-0.4, -0.2) is 38.0 Å². The Kier molecular flexibility index (Phi) is 9.03. The van der Waals surface area contributed by atoms with Crippen LogP contribution in [0.1, 0.15) is 31.0 Å². The zero-order chi connectivity index (χ0) is 21.9. The van der Waals surface area contributed by atoms with Crippen LogP contribution in [0.15, 0.2) is 47.4 Å². The third-order valence-electron chi connectivity index (χ3n) is 4.02. The van der Waals surface area contributed by atoms with Crippen molar-refractivity contribution in [2.75, 3.05) is 31.4 Å². The molecule has 0 heterocycles. The smallest absolute Gasteiger partial charge is 0.344 e. The standard InChI is InChI=1S/C22H24N2O5S/c1-4-27-20(25)14-29-18-11-8-16(12-19(18)30-3)21(22(26)28-5-2)24-17-9-6-15(13-23)7-10-17/h6-12,21,24H,4-5,14H2,1-3H3. The Labute approximate surface area is 180 Å². The molecule has 30 heavy (non-hydrogen) atoms. The fourth-order valence-corrected chi connectivity index (χ4v) is 3.22. The summed E-state index contributed by atoms with van der Waals surface area (Å²) in [5.74, 6) is -0.338. The van der Waals surface area contributed by atoms with Crippen LogP contribution in [-0.2, 0) is 19.1 Å². The zero-order valence-corrected chi connectivity index (χ0v) is 18.0. The lowest BCUT2D eigenvalue weighted by Crippen LogP contribution is -2.23. The molecule has 0 amide bonds. The van der Waals surface area contributed by atoms with E-state index in [-0.39, 0.29) is 13.2 Å². The molecule has 8 heteroatoms. The van der Waals surface area contributed by atoms with Crippen molar-refractivity contribution in [1.29, 1.82) is 5.26 Å². The van der Waals surface area contributed by atoms with E-state index in [9.17, 15) is 9.59 Å². The molecular formula is C22H24N2O5S. The number of anilines is 1. The van der Waals surface area contributed by atoms with Gasteiger partial charge in [-0.05, 0) is 62.1 Å². The average molecular weight is 429 g/mol. The quantitative estimate of drug-likeness (QED) is 0.449. The second kappa shape index (κ2) is 11.7. The molecule has 2 rings (SSSR count). The minimum Gasteiger partial charge on any atom is -0.481 e. The van der Waals surface area contributed by atoms with Crippen molar-refractivity contribution < 1.29 is 23.8 Å². The first-order chi connectivity index (χ1) is 14.5. The highest BCUT2D eigenvalue weighted by Crippen LogP contribution is 2.32. The molecule has 7 nitrogen and oxygen atoms in total. The van der Waals surface area contributed by atoms with Gasteiger partial charge in [-0.1, -0.05) is 6.07 Å². The Morgan fingerprint density at radius 1 is 1.10 bits per heavy atom. The van der Waals surface area contributed by atoms with E-state index in [0.717, 1.165) is 4.90 Å². The summed E-state index contributed by atoms with van der Waals surface area (Å²) in [4.78, 5) is 24.9. The molecule has 0 fully saturated rings. The fraction of sp³-hybridized carbons (Fsp3) is 0.318. The third kappa shape index (κ3) is 6.42. The van der Waals surface area contributed by atoms with Gasteiger partial charge >= 0.3 is 11.9 Å². The van der Waals surface area contributed by atoms with E-state index in [1.165, 1.54) is 11.8 Å². The predicted molar refractivity (Wildman–Crippen MR) is 115 cm³/mol. The molecular weight excluding hydrogens is 404 g/mol. The summed E-state index contributed by atoms with van der Waals surface area (Å²) in [5, 5.41) is 12.1. The van der Waals surface area contributed by atoms with Gasteiger partial charge in [0.25, 0.3) is 0 Å². The van der Waals surface area contributed by atoms with Crippen LogP contribution in [0.25, 0.3) is 0 Å². The second-order valence-electron chi connectivity index (χ2n) is 6.02. The average Bonchev–Trinajstić information content (AvgIpc) is 2.76. The van der Waals surface area contributed by atoms with Crippen molar-refractivity contribution in [1.82, 2.24) is 0 Å². The SMILES string of the molecule is CCOC(=O)COc1ccc(C(Nc2ccc(C#N)cc2)C(=O)OCC)cc1SC. The monoisotopic (exact) mass is 428 g/mol. The van der Waals surface area contributed by atoms with Crippen LogP contribution >= 0.6 is 11.8 Å². The summed E-state index contributed by atoms with van der Waals surface area (Å²) in [7, 11) is 0. The van der Waals surface area contributed by atoms with Gasteiger partial charge in [-0.3, -0.25) is 0 Å². The van der Waals surface area contributed by atoms with Crippen molar-refractivity contribution in [3.05, 3.63) is 53.6 Å². The van der Waals surface area contributed by atoms with Crippen LogP contribution in [0.4, 0.5) is 5.69 Å². The molecule has 158 valence electrons. The van der Waals surface area contributed by atoms with Crippen LogP contribution < -0.4 is 10.1 Å². The number of thioether (sulfide) groups is 1. The van der Waals surface area contributed by atoms with E-state index in [0.29, 0.717) is 29.2 Å². The number of carbonyl (C=O) groups excluding carboxylic acids is 2. The molecule has 0 bridgehead atoms. The highest BCUT2D eigenvalue weighted by atomic mass is 32.2. The minimum atomic E-state index is -0.747. The van der Waals surface area contributed by atoms with Crippen molar-refractivity contribution in [3.8, 4) is 11.8 Å². The van der Waals surface area contributed by atoms with Gasteiger partial charge in [0, 0.05) is 10.6 Å². The van der Waals surface area contributed by atoms with Gasteiger partial charge in [-0.2, -0.15) is 5.26 Å².